The highest BCUT2D eigenvalue weighted by Gasteiger charge is 2.09. The van der Waals surface area contributed by atoms with E-state index in [0.717, 1.165) is 11.3 Å². The largest absolute Gasteiger partial charge is 0.479 e. The zero-order valence-electron chi connectivity index (χ0n) is 9.07. The number of rotatable bonds is 4. The van der Waals surface area contributed by atoms with Crippen molar-refractivity contribution in [3.05, 3.63) is 17.1 Å². The van der Waals surface area contributed by atoms with E-state index in [-0.39, 0.29) is 6.61 Å². The highest BCUT2D eigenvalue weighted by molar-refractivity contribution is 5.68. The van der Waals surface area contributed by atoms with E-state index in [1.807, 2.05) is 20.8 Å². The van der Waals surface area contributed by atoms with Crippen LogP contribution in [0.1, 0.15) is 24.0 Å². The Kier molecular flexibility index (Phi) is 3.60. The first-order chi connectivity index (χ1) is 7.04. The van der Waals surface area contributed by atoms with Crippen LogP contribution >= 0.6 is 0 Å². The summed E-state index contributed by atoms with van der Waals surface area (Å²) >= 11 is 0. The van der Waals surface area contributed by atoms with Gasteiger partial charge in [-0.05, 0) is 13.8 Å². The van der Waals surface area contributed by atoms with Crippen LogP contribution < -0.4 is 4.74 Å². The maximum atomic E-state index is 10.4. The van der Waals surface area contributed by atoms with Gasteiger partial charge in [0.2, 0.25) is 5.88 Å². The molecule has 82 valence electrons. The molecule has 0 amide bonds. The lowest BCUT2D eigenvalue weighted by molar-refractivity contribution is -0.139. The minimum Gasteiger partial charge on any atom is -0.479 e. The van der Waals surface area contributed by atoms with Crippen LogP contribution in [0.4, 0.5) is 0 Å². The van der Waals surface area contributed by atoms with Gasteiger partial charge in [0.15, 0.2) is 6.61 Å². The Hall–Kier alpha value is -1.65. The van der Waals surface area contributed by atoms with Crippen LogP contribution in [0.2, 0.25) is 0 Å². The zero-order valence-corrected chi connectivity index (χ0v) is 9.07. The van der Waals surface area contributed by atoms with Gasteiger partial charge in [-0.1, -0.05) is 6.92 Å². The Morgan fingerprint density at radius 1 is 1.40 bits per heavy atom. The van der Waals surface area contributed by atoms with E-state index in [1.165, 1.54) is 0 Å². The summed E-state index contributed by atoms with van der Waals surface area (Å²) in [6, 6.07) is 0. The predicted molar refractivity (Wildman–Crippen MR) is 54.0 cm³/mol. The van der Waals surface area contributed by atoms with Crippen molar-refractivity contribution in [2.45, 2.75) is 27.2 Å². The van der Waals surface area contributed by atoms with Gasteiger partial charge >= 0.3 is 5.97 Å². The molecule has 1 N–H and O–H groups in total. The number of carboxylic acids is 1. The quantitative estimate of drug-likeness (QED) is 0.806. The summed E-state index contributed by atoms with van der Waals surface area (Å²) in [6.45, 7) is 5.22. The summed E-state index contributed by atoms with van der Waals surface area (Å²) in [4.78, 5) is 18.7. The van der Waals surface area contributed by atoms with Crippen LogP contribution in [-0.2, 0) is 11.2 Å². The van der Waals surface area contributed by atoms with Gasteiger partial charge in [-0.3, -0.25) is 0 Å². The van der Waals surface area contributed by atoms with E-state index in [9.17, 15) is 4.79 Å². The van der Waals surface area contributed by atoms with E-state index in [0.29, 0.717) is 18.1 Å². The molecule has 0 saturated heterocycles. The molecule has 1 rings (SSSR count). The Bertz CT molecular complexity index is 377. The molecule has 0 aliphatic heterocycles. The maximum Gasteiger partial charge on any atom is 0.341 e. The normalized spacial score (nSPS) is 10.1. The lowest BCUT2D eigenvalue weighted by Gasteiger charge is -2.09. The molecule has 0 spiro atoms. The van der Waals surface area contributed by atoms with Crippen molar-refractivity contribution in [2.75, 3.05) is 6.61 Å². The first-order valence-corrected chi connectivity index (χ1v) is 4.73. The fraction of sp³-hybridized carbons (Fsp3) is 0.500. The number of carboxylic acid groups (broad SMARTS) is 1. The van der Waals surface area contributed by atoms with Gasteiger partial charge in [0.1, 0.15) is 5.82 Å². The fourth-order valence-corrected chi connectivity index (χ4v) is 1.09. The van der Waals surface area contributed by atoms with Gasteiger partial charge in [-0.2, -0.15) is 4.98 Å². The number of aryl methyl sites for hydroxylation is 2. The van der Waals surface area contributed by atoms with Gasteiger partial charge in [-0.15, -0.1) is 0 Å². The number of hydrogen-bond donors (Lipinski definition) is 1. The van der Waals surface area contributed by atoms with Crippen molar-refractivity contribution in [1.29, 1.82) is 0 Å². The molecule has 0 aromatic carbocycles. The third-order valence-corrected chi connectivity index (χ3v) is 2.04. The number of hydrogen-bond acceptors (Lipinski definition) is 4. The lowest BCUT2D eigenvalue weighted by Crippen LogP contribution is -2.12. The molecule has 1 heterocycles. The average Bonchev–Trinajstić information content (AvgIpc) is 2.19. The summed E-state index contributed by atoms with van der Waals surface area (Å²) in [7, 11) is 0. The fourth-order valence-electron chi connectivity index (χ4n) is 1.09. The molecule has 0 fully saturated rings. The van der Waals surface area contributed by atoms with Crippen LogP contribution in [0.3, 0.4) is 0 Å². The molecule has 5 heteroatoms. The van der Waals surface area contributed by atoms with E-state index in [1.54, 1.807) is 0 Å². The van der Waals surface area contributed by atoms with Crippen molar-refractivity contribution >= 4 is 5.97 Å². The number of ether oxygens (including phenoxy) is 1. The molecule has 0 radical (unpaired) electrons. The van der Waals surface area contributed by atoms with Crippen molar-refractivity contribution in [3.8, 4) is 5.88 Å². The summed E-state index contributed by atoms with van der Waals surface area (Å²) in [5.74, 6) is 0.0175. The first kappa shape index (κ1) is 11.4. The standard InChI is InChI=1S/C10H14N2O3/c1-4-8-11-7(3)6(2)10(12-8)15-5-9(13)14/h4-5H2,1-3H3,(H,13,14). The molecular weight excluding hydrogens is 196 g/mol. The molecule has 0 aliphatic rings. The molecule has 0 saturated carbocycles. The topological polar surface area (TPSA) is 72.3 Å². The molecule has 1 aromatic rings. The van der Waals surface area contributed by atoms with Crippen molar-refractivity contribution in [3.63, 3.8) is 0 Å². The second-order valence-electron chi connectivity index (χ2n) is 3.19. The van der Waals surface area contributed by atoms with Crippen LogP contribution in [0.25, 0.3) is 0 Å². The van der Waals surface area contributed by atoms with Gasteiger partial charge in [0, 0.05) is 17.7 Å². The Morgan fingerprint density at radius 2 is 2.07 bits per heavy atom. The second kappa shape index (κ2) is 4.72. The lowest BCUT2D eigenvalue weighted by atomic mass is 10.2. The summed E-state index contributed by atoms with van der Waals surface area (Å²) < 4.78 is 5.07. The Morgan fingerprint density at radius 3 is 2.60 bits per heavy atom. The van der Waals surface area contributed by atoms with Crippen LogP contribution in [-0.4, -0.2) is 27.7 Å². The molecular formula is C10H14N2O3. The number of carbonyl (C=O) groups is 1. The Balaban J connectivity index is 2.94. The Labute approximate surface area is 88.1 Å². The van der Waals surface area contributed by atoms with Gasteiger partial charge < -0.3 is 9.84 Å². The van der Waals surface area contributed by atoms with E-state index in [2.05, 4.69) is 9.97 Å². The second-order valence-corrected chi connectivity index (χ2v) is 3.19. The summed E-state index contributed by atoms with van der Waals surface area (Å²) in [6.07, 6.45) is 0.699. The first-order valence-electron chi connectivity index (χ1n) is 4.73. The van der Waals surface area contributed by atoms with Crippen molar-refractivity contribution in [1.82, 2.24) is 9.97 Å². The average molecular weight is 210 g/mol. The van der Waals surface area contributed by atoms with Gasteiger partial charge in [-0.25, -0.2) is 9.78 Å². The third kappa shape index (κ3) is 2.90. The van der Waals surface area contributed by atoms with Crippen LogP contribution in [0.15, 0.2) is 0 Å². The van der Waals surface area contributed by atoms with Crippen molar-refractivity contribution in [2.24, 2.45) is 0 Å². The predicted octanol–water partition coefficient (Wildman–Crippen LogP) is 1.12. The minimum absolute atomic E-state index is 0.363. The number of aromatic nitrogens is 2. The minimum atomic E-state index is -1.01. The summed E-state index contributed by atoms with van der Waals surface area (Å²) in [5, 5.41) is 8.49. The molecule has 1 aromatic heterocycles. The molecule has 0 atom stereocenters. The summed E-state index contributed by atoms with van der Waals surface area (Å²) in [5.41, 5.74) is 1.61. The molecule has 0 unspecified atom stereocenters. The van der Waals surface area contributed by atoms with Crippen LogP contribution in [0.5, 0.6) is 5.88 Å². The molecule has 15 heavy (non-hydrogen) atoms. The third-order valence-electron chi connectivity index (χ3n) is 2.04. The molecule has 0 bridgehead atoms. The van der Waals surface area contributed by atoms with Crippen LogP contribution in [0, 0.1) is 13.8 Å². The number of aliphatic carboxylic acids is 1. The maximum absolute atomic E-state index is 10.4. The highest BCUT2D eigenvalue weighted by Crippen LogP contribution is 2.17. The van der Waals surface area contributed by atoms with Gasteiger partial charge in [0.05, 0.1) is 0 Å². The molecule has 5 nitrogen and oxygen atoms in total. The number of nitrogens with zero attached hydrogens (tertiary/aromatic N) is 2. The molecule has 0 aliphatic carbocycles. The zero-order chi connectivity index (χ0) is 11.4. The van der Waals surface area contributed by atoms with Crippen molar-refractivity contribution < 1.29 is 14.6 Å². The smallest absolute Gasteiger partial charge is 0.341 e. The van der Waals surface area contributed by atoms with E-state index >= 15 is 0 Å². The monoisotopic (exact) mass is 210 g/mol. The van der Waals surface area contributed by atoms with E-state index in [4.69, 9.17) is 9.84 Å². The highest BCUT2D eigenvalue weighted by atomic mass is 16.5. The van der Waals surface area contributed by atoms with Gasteiger partial charge in [0.25, 0.3) is 0 Å². The SMILES string of the molecule is CCc1nc(C)c(C)c(OCC(=O)O)n1. The van der Waals surface area contributed by atoms with E-state index < -0.39 is 5.97 Å².